The lowest BCUT2D eigenvalue weighted by Crippen LogP contribution is -2.28. The van der Waals surface area contributed by atoms with E-state index < -0.39 is 6.10 Å². The van der Waals surface area contributed by atoms with Gasteiger partial charge in [0.1, 0.15) is 6.61 Å². The molecule has 1 atom stereocenters. The molecule has 0 aliphatic rings. The van der Waals surface area contributed by atoms with Crippen LogP contribution in [0.1, 0.15) is 341 Å². The maximum Gasteiger partial charge on any atom is 0.306 e. The molecule has 1 N–H and O–H groups in total. The zero-order valence-corrected chi connectivity index (χ0v) is 52.4. The first-order valence-corrected chi connectivity index (χ1v) is 34.3. The molecule has 1 unspecified atom stereocenters. The van der Waals surface area contributed by atoms with Crippen LogP contribution in [-0.4, -0.2) is 36.4 Å². The number of hydrogen-bond acceptors (Lipinski definition) is 5. The number of aliphatic hydroxyl groups excluding tert-OH is 1. The highest BCUT2D eigenvalue weighted by Crippen LogP contribution is 2.18. The van der Waals surface area contributed by atoms with Crippen LogP contribution in [0.5, 0.6) is 0 Å². The van der Waals surface area contributed by atoms with Crippen molar-refractivity contribution in [3.05, 3.63) is 97.2 Å². The molecular weight excluding hydrogens is 969 g/mol. The minimum atomic E-state index is -0.782. The van der Waals surface area contributed by atoms with E-state index >= 15 is 0 Å². The predicted octanol–water partition coefficient (Wildman–Crippen LogP) is 23.8. The fourth-order valence-electron chi connectivity index (χ4n) is 10.0. The number of carbonyl (C=O) groups excluding carboxylic acids is 2. The minimum Gasteiger partial charge on any atom is -0.462 e. The number of allylic oxidation sites excluding steroid dienone is 16. The van der Waals surface area contributed by atoms with Gasteiger partial charge >= 0.3 is 11.9 Å². The molecule has 5 heteroatoms. The standard InChI is InChI=1S/C74H130O5/c1-3-5-7-9-11-13-15-17-19-21-23-25-27-29-31-33-35-37-39-41-43-45-47-49-51-53-55-57-59-61-63-65-67-69-74(77)79-72(70-75)71-78-73(76)68-66-64-62-60-58-56-54-52-50-48-46-44-42-40-38-36-34-32-30-28-26-24-22-20-18-16-14-12-10-8-6-4-2/h5,7,11,13,17,19,23,25,29,31,35,37,41,43,47,49,72,75H,3-4,6,8-10,12,14-16,18,20-22,24,26-28,30,32-34,36,38-40,42,44-46,48,50-71H2,1-2H3/b7-5-,13-11-,19-17-,25-23-,31-29-,37-35-,43-41-,49-47-. The van der Waals surface area contributed by atoms with E-state index in [1.165, 1.54) is 218 Å². The molecule has 0 aromatic rings. The highest BCUT2D eigenvalue weighted by atomic mass is 16.6. The fourth-order valence-corrected chi connectivity index (χ4v) is 10.0. The van der Waals surface area contributed by atoms with Crippen LogP contribution in [0, 0.1) is 0 Å². The van der Waals surface area contributed by atoms with Crippen molar-refractivity contribution in [3.63, 3.8) is 0 Å². The second-order valence-electron chi connectivity index (χ2n) is 22.9. The molecule has 0 aromatic heterocycles. The summed E-state index contributed by atoms with van der Waals surface area (Å²) in [5.41, 5.74) is 0. The zero-order valence-electron chi connectivity index (χ0n) is 52.4. The molecule has 0 saturated carbocycles. The Morgan fingerprint density at radius 1 is 0.304 bits per heavy atom. The molecule has 0 aliphatic carbocycles. The Balaban J connectivity index is 3.48. The highest BCUT2D eigenvalue weighted by Gasteiger charge is 2.16. The summed E-state index contributed by atoms with van der Waals surface area (Å²) in [6.07, 6.45) is 98.6. The van der Waals surface area contributed by atoms with Gasteiger partial charge in [-0.15, -0.1) is 0 Å². The number of hydrogen-bond donors (Lipinski definition) is 1. The number of unbranched alkanes of at least 4 members (excludes halogenated alkanes) is 39. The summed E-state index contributed by atoms with van der Waals surface area (Å²) < 4.78 is 10.8. The van der Waals surface area contributed by atoms with Gasteiger partial charge in [0.2, 0.25) is 0 Å². The van der Waals surface area contributed by atoms with Crippen molar-refractivity contribution in [1.29, 1.82) is 0 Å². The Morgan fingerprint density at radius 2 is 0.544 bits per heavy atom. The molecule has 0 bridgehead atoms. The third kappa shape index (κ3) is 67.2. The zero-order chi connectivity index (χ0) is 56.9. The van der Waals surface area contributed by atoms with Crippen LogP contribution in [0.3, 0.4) is 0 Å². The first-order chi connectivity index (χ1) is 39.1. The number of carbonyl (C=O) groups is 2. The highest BCUT2D eigenvalue weighted by molar-refractivity contribution is 5.70. The molecule has 0 aliphatic heterocycles. The molecule has 0 aromatic carbocycles. The Hall–Kier alpha value is -3.18. The van der Waals surface area contributed by atoms with Gasteiger partial charge in [-0.05, 0) is 77.0 Å². The molecule has 0 spiro atoms. The maximum atomic E-state index is 12.4. The maximum absolute atomic E-state index is 12.4. The third-order valence-electron chi connectivity index (χ3n) is 15.1. The average Bonchev–Trinajstić information content (AvgIpc) is 3.45. The quantitative estimate of drug-likeness (QED) is 0.0373. The van der Waals surface area contributed by atoms with E-state index in [4.69, 9.17) is 9.47 Å². The number of esters is 2. The first kappa shape index (κ1) is 75.8. The van der Waals surface area contributed by atoms with E-state index in [-0.39, 0.29) is 25.2 Å². The second kappa shape index (κ2) is 69.1. The Bertz CT molecular complexity index is 1480. The van der Waals surface area contributed by atoms with E-state index in [0.717, 1.165) is 96.3 Å². The third-order valence-corrected chi connectivity index (χ3v) is 15.1. The van der Waals surface area contributed by atoms with E-state index in [1.54, 1.807) is 0 Å². The van der Waals surface area contributed by atoms with E-state index in [0.29, 0.717) is 12.8 Å². The molecule has 0 heterocycles. The molecule has 0 saturated heterocycles. The van der Waals surface area contributed by atoms with Crippen LogP contribution in [0.25, 0.3) is 0 Å². The number of rotatable bonds is 63. The van der Waals surface area contributed by atoms with Gasteiger partial charge in [0.05, 0.1) is 6.61 Å². The lowest BCUT2D eigenvalue weighted by molar-refractivity contribution is -0.161. The first-order valence-electron chi connectivity index (χ1n) is 34.3. The van der Waals surface area contributed by atoms with Crippen molar-refractivity contribution in [2.45, 2.75) is 347 Å². The van der Waals surface area contributed by atoms with Gasteiger partial charge in [-0.3, -0.25) is 9.59 Å². The summed E-state index contributed by atoms with van der Waals surface area (Å²) in [6.45, 7) is 4.06. The molecule has 0 radical (unpaired) electrons. The summed E-state index contributed by atoms with van der Waals surface area (Å²) in [5.74, 6) is -0.590. The molecule has 0 fully saturated rings. The predicted molar refractivity (Wildman–Crippen MR) is 348 cm³/mol. The molecule has 0 rings (SSSR count). The average molecular weight is 1100 g/mol. The van der Waals surface area contributed by atoms with Crippen molar-refractivity contribution in [2.75, 3.05) is 13.2 Å². The van der Waals surface area contributed by atoms with Gasteiger partial charge in [-0.2, -0.15) is 0 Å². The largest absolute Gasteiger partial charge is 0.462 e. The van der Waals surface area contributed by atoms with E-state index in [1.807, 2.05) is 0 Å². The van der Waals surface area contributed by atoms with Gasteiger partial charge in [-0.25, -0.2) is 0 Å². The molecular formula is C74H130O5. The van der Waals surface area contributed by atoms with Crippen molar-refractivity contribution < 1.29 is 24.2 Å². The summed E-state index contributed by atoms with van der Waals surface area (Å²) in [6, 6.07) is 0. The summed E-state index contributed by atoms with van der Waals surface area (Å²) >= 11 is 0. The van der Waals surface area contributed by atoms with Crippen LogP contribution < -0.4 is 0 Å². The van der Waals surface area contributed by atoms with Crippen molar-refractivity contribution in [1.82, 2.24) is 0 Å². The lowest BCUT2D eigenvalue weighted by atomic mass is 10.0. The van der Waals surface area contributed by atoms with Gasteiger partial charge in [0.25, 0.3) is 0 Å². The minimum absolute atomic E-state index is 0.0702. The Labute approximate surface area is 491 Å². The Kier molecular flexibility index (Phi) is 66.3. The normalized spacial score (nSPS) is 12.8. The smallest absolute Gasteiger partial charge is 0.306 e. The number of ether oxygens (including phenoxy) is 2. The van der Waals surface area contributed by atoms with Crippen molar-refractivity contribution >= 4 is 11.9 Å². The van der Waals surface area contributed by atoms with Crippen LogP contribution in [0.4, 0.5) is 0 Å². The van der Waals surface area contributed by atoms with Gasteiger partial charge in [0, 0.05) is 12.8 Å². The molecule has 79 heavy (non-hydrogen) atoms. The molecule has 0 amide bonds. The van der Waals surface area contributed by atoms with Crippen molar-refractivity contribution in [3.8, 4) is 0 Å². The van der Waals surface area contributed by atoms with Crippen LogP contribution >= 0.6 is 0 Å². The number of aliphatic hydroxyl groups is 1. The lowest BCUT2D eigenvalue weighted by Gasteiger charge is -2.15. The SMILES string of the molecule is CC/C=C\C/C=C\C/C=C\C/C=C\C/C=C\C/C=C\C/C=C\C/C=C\CCCCCCCCCCC(=O)OC(CO)COC(=O)CCCCCCCCCCCCCCCCCCCCCCCCCCCCCCCCCC. The molecule has 5 nitrogen and oxygen atoms in total. The second-order valence-corrected chi connectivity index (χ2v) is 22.9. The Morgan fingerprint density at radius 3 is 0.823 bits per heavy atom. The van der Waals surface area contributed by atoms with Crippen LogP contribution in [-0.2, 0) is 19.1 Å². The van der Waals surface area contributed by atoms with Crippen LogP contribution in [0.15, 0.2) is 97.2 Å². The van der Waals surface area contributed by atoms with Crippen LogP contribution in [0.2, 0.25) is 0 Å². The monoisotopic (exact) mass is 1100 g/mol. The van der Waals surface area contributed by atoms with E-state index in [9.17, 15) is 14.7 Å². The van der Waals surface area contributed by atoms with Crippen molar-refractivity contribution in [2.24, 2.45) is 0 Å². The van der Waals surface area contributed by atoms with E-state index in [2.05, 4.69) is 111 Å². The summed E-state index contributed by atoms with van der Waals surface area (Å²) in [4.78, 5) is 24.6. The van der Waals surface area contributed by atoms with Gasteiger partial charge in [0.15, 0.2) is 6.10 Å². The van der Waals surface area contributed by atoms with Gasteiger partial charge in [-0.1, -0.05) is 349 Å². The van der Waals surface area contributed by atoms with Gasteiger partial charge < -0.3 is 14.6 Å². The molecule has 456 valence electrons. The summed E-state index contributed by atoms with van der Waals surface area (Å²) in [7, 11) is 0. The summed E-state index contributed by atoms with van der Waals surface area (Å²) in [5, 5.41) is 9.70. The topological polar surface area (TPSA) is 72.8 Å². The fraction of sp³-hybridized carbons (Fsp3) is 0.757.